The van der Waals surface area contributed by atoms with Gasteiger partial charge in [0.2, 0.25) is 8.32 Å². The largest absolute Gasteiger partial charge is 1.00 e. The van der Waals surface area contributed by atoms with E-state index in [-0.39, 0.29) is 24.4 Å². The van der Waals surface area contributed by atoms with Crippen LogP contribution in [0.5, 0.6) is 0 Å². The number of hydroxylamine groups is 1. The third-order valence-corrected chi connectivity index (χ3v) is 2.64. The van der Waals surface area contributed by atoms with Gasteiger partial charge in [-0.05, 0) is 46.1 Å². The van der Waals surface area contributed by atoms with Crippen molar-refractivity contribution in [1.29, 1.82) is 0 Å². The molecule has 0 radical (unpaired) electrons. The summed E-state index contributed by atoms with van der Waals surface area (Å²) < 4.78 is 6.15. The number of hydrogen-bond acceptors (Lipinski definition) is 2. The molecule has 0 N–H and O–H groups in total. The summed E-state index contributed by atoms with van der Waals surface area (Å²) in [7, 11) is -1.60. The molecule has 0 aromatic heterocycles. The standard InChI is InChI=1S/C13H22NOSi.Li/c1-13(2,3)14(15-16(4,5)6)12-10-8-7-9-11-12;/h8-11H,1-6H3;/q-1;+1. The van der Waals surface area contributed by atoms with Crippen LogP contribution in [0.25, 0.3) is 0 Å². The van der Waals surface area contributed by atoms with Crippen LogP contribution in [0, 0.1) is 6.07 Å². The van der Waals surface area contributed by atoms with E-state index in [9.17, 15) is 0 Å². The van der Waals surface area contributed by atoms with Crippen molar-refractivity contribution in [3.8, 4) is 0 Å². The van der Waals surface area contributed by atoms with Crippen LogP contribution in [0.15, 0.2) is 24.3 Å². The molecule has 0 spiro atoms. The van der Waals surface area contributed by atoms with Crippen LogP contribution in [0.4, 0.5) is 5.69 Å². The van der Waals surface area contributed by atoms with E-state index in [0.717, 1.165) is 5.69 Å². The SMILES string of the molecule is CC(C)(C)N(O[Si](C)(C)C)c1cc[c-]cc1.[Li+]. The second-order valence-electron chi connectivity index (χ2n) is 5.93. The van der Waals surface area contributed by atoms with Gasteiger partial charge < -0.3 is 4.53 Å². The van der Waals surface area contributed by atoms with Crippen LogP contribution >= 0.6 is 0 Å². The molecular weight excluding hydrogens is 221 g/mol. The molecule has 0 heterocycles. The zero-order valence-corrected chi connectivity index (χ0v) is 13.2. The van der Waals surface area contributed by atoms with Crippen molar-refractivity contribution in [2.75, 3.05) is 5.06 Å². The van der Waals surface area contributed by atoms with Crippen molar-refractivity contribution in [2.24, 2.45) is 0 Å². The van der Waals surface area contributed by atoms with E-state index >= 15 is 0 Å². The van der Waals surface area contributed by atoms with E-state index < -0.39 is 8.32 Å². The quantitative estimate of drug-likeness (QED) is 0.443. The summed E-state index contributed by atoms with van der Waals surface area (Å²) in [6.07, 6.45) is 0. The van der Waals surface area contributed by atoms with Crippen LogP contribution < -0.4 is 23.9 Å². The molecule has 1 rings (SSSR count). The molecule has 0 atom stereocenters. The van der Waals surface area contributed by atoms with Crippen molar-refractivity contribution in [2.45, 2.75) is 46.0 Å². The Morgan fingerprint density at radius 1 is 1.12 bits per heavy atom. The van der Waals surface area contributed by atoms with Gasteiger partial charge in [0, 0.05) is 0 Å². The summed E-state index contributed by atoms with van der Waals surface area (Å²) >= 11 is 0. The Bertz CT molecular complexity index is 330. The van der Waals surface area contributed by atoms with E-state index in [2.05, 4.69) is 46.5 Å². The van der Waals surface area contributed by atoms with Crippen LogP contribution in [0.2, 0.25) is 19.6 Å². The van der Waals surface area contributed by atoms with Crippen LogP contribution in [-0.2, 0) is 4.53 Å². The maximum absolute atomic E-state index is 6.15. The average Bonchev–Trinajstić information content (AvgIpc) is 2.13. The Morgan fingerprint density at radius 2 is 1.59 bits per heavy atom. The molecular formula is C13H22LiNOSi. The number of rotatable bonds is 3. The first-order chi connectivity index (χ1) is 7.20. The van der Waals surface area contributed by atoms with Crippen LogP contribution in [0.3, 0.4) is 0 Å². The smallest absolute Gasteiger partial charge is 0.322 e. The molecule has 1 aromatic carbocycles. The topological polar surface area (TPSA) is 12.5 Å². The van der Waals surface area contributed by atoms with Gasteiger partial charge in [-0.15, -0.1) is 12.1 Å². The summed E-state index contributed by atoms with van der Waals surface area (Å²) in [6.45, 7) is 13.1. The third-order valence-electron chi connectivity index (χ3n) is 1.91. The summed E-state index contributed by atoms with van der Waals surface area (Å²) in [4.78, 5) is 0. The minimum absolute atomic E-state index is 0. The Balaban J connectivity index is 0.00000256. The molecule has 2 nitrogen and oxygen atoms in total. The second kappa shape index (κ2) is 6.11. The predicted molar refractivity (Wildman–Crippen MR) is 71.9 cm³/mol. The van der Waals surface area contributed by atoms with Crippen molar-refractivity contribution in [1.82, 2.24) is 0 Å². The van der Waals surface area contributed by atoms with E-state index in [0.29, 0.717) is 0 Å². The predicted octanol–water partition coefficient (Wildman–Crippen LogP) is 0.862. The zero-order chi connectivity index (χ0) is 12.4. The van der Waals surface area contributed by atoms with Crippen molar-refractivity contribution in [3.05, 3.63) is 30.3 Å². The van der Waals surface area contributed by atoms with E-state index in [4.69, 9.17) is 4.53 Å². The van der Waals surface area contributed by atoms with Gasteiger partial charge in [0.05, 0.1) is 5.54 Å². The molecule has 90 valence electrons. The zero-order valence-electron chi connectivity index (χ0n) is 12.2. The van der Waals surface area contributed by atoms with Gasteiger partial charge in [-0.1, -0.05) is 0 Å². The van der Waals surface area contributed by atoms with E-state index in [1.54, 1.807) is 0 Å². The first-order valence-electron chi connectivity index (χ1n) is 5.66. The number of hydrogen-bond donors (Lipinski definition) is 0. The maximum atomic E-state index is 6.15. The van der Waals surface area contributed by atoms with Crippen LogP contribution in [-0.4, -0.2) is 13.9 Å². The van der Waals surface area contributed by atoms with Crippen LogP contribution in [0.1, 0.15) is 20.8 Å². The molecule has 17 heavy (non-hydrogen) atoms. The Morgan fingerprint density at radius 3 is 1.94 bits per heavy atom. The molecule has 0 amide bonds. The van der Waals surface area contributed by atoms with Gasteiger partial charge in [-0.3, -0.25) is 5.06 Å². The number of benzene rings is 1. The Kier molecular flexibility index (Phi) is 6.03. The molecule has 0 unspecified atom stereocenters. The van der Waals surface area contributed by atoms with Gasteiger partial charge >= 0.3 is 18.9 Å². The van der Waals surface area contributed by atoms with Gasteiger partial charge in [-0.25, -0.2) is 0 Å². The molecule has 1 aromatic rings. The fraction of sp³-hybridized carbons (Fsp3) is 0.538. The molecule has 0 bridgehead atoms. The molecule has 0 aliphatic carbocycles. The summed E-state index contributed by atoms with van der Waals surface area (Å²) in [5.74, 6) is 0. The Labute approximate surface area is 119 Å². The number of nitrogens with zero attached hydrogens (tertiary/aromatic N) is 1. The third kappa shape index (κ3) is 5.78. The second-order valence-corrected chi connectivity index (χ2v) is 10.3. The first kappa shape index (κ1) is 16.8. The molecule has 4 heteroatoms. The molecule has 0 aliphatic heterocycles. The normalized spacial score (nSPS) is 11.9. The fourth-order valence-electron chi connectivity index (χ4n) is 1.36. The van der Waals surface area contributed by atoms with Gasteiger partial charge in [0.1, 0.15) is 0 Å². The summed E-state index contributed by atoms with van der Waals surface area (Å²) in [6, 6.07) is 10.9. The Hall–Kier alpha value is -0.206. The van der Waals surface area contributed by atoms with E-state index in [1.165, 1.54) is 0 Å². The van der Waals surface area contributed by atoms with Crippen molar-refractivity contribution < 1.29 is 23.4 Å². The number of anilines is 1. The fourth-order valence-corrected chi connectivity index (χ4v) is 2.29. The minimum atomic E-state index is -1.60. The average molecular weight is 243 g/mol. The summed E-state index contributed by atoms with van der Waals surface area (Å²) in [5, 5.41) is 2.02. The molecule has 0 saturated heterocycles. The molecule has 0 fully saturated rings. The molecule has 0 aliphatic rings. The van der Waals surface area contributed by atoms with Gasteiger partial charge in [-0.2, -0.15) is 18.2 Å². The van der Waals surface area contributed by atoms with E-state index in [1.807, 2.05) is 29.3 Å². The first-order valence-corrected chi connectivity index (χ1v) is 9.06. The minimum Gasteiger partial charge on any atom is -0.322 e. The molecule has 0 saturated carbocycles. The maximum Gasteiger partial charge on any atom is 1.00 e. The van der Waals surface area contributed by atoms with Crippen molar-refractivity contribution in [3.63, 3.8) is 0 Å². The van der Waals surface area contributed by atoms with Gasteiger partial charge in [0.25, 0.3) is 0 Å². The van der Waals surface area contributed by atoms with Crippen molar-refractivity contribution >= 4 is 14.0 Å². The summed E-state index contributed by atoms with van der Waals surface area (Å²) in [5.41, 5.74) is 1.05. The monoisotopic (exact) mass is 243 g/mol. The van der Waals surface area contributed by atoms with Gasteiger partial charge in [0.15, 0.2) is 0 Å².